The fourth-order valence-electron chi connectivity index (χ4n) is 0.757. The second-order valence-electron chi connectivity index (χ2n) is 3.47. The van der Waals surface area contributed by atoms with Crippen molar-refractivity contribution in [1.82, 2.24) is 0 Å². The number of hydrogen-bond acceptors (Lipinski definition) is 1. The molecule has 0 aromatic heterocycles. The molecule has 0 rings (SSSR count). The van der Waals surface area contributed by atoms with Crippen LogP contribution in [-0.4, -0.2) is 11.3 Å². The summed E-state index contributed by atoms with van der Waals surface area (Å²) in [5, 5.41) is -4.97. The van der Waals surface area contributed by atoms with Gasteiger partial charge in [-0.1, -0.05) is 0 Å². The summed E-state index contributed by atoms with van der Waals surface area (Å²) in [4.78, 5) is 9.93. The number of hydrogen-bond donors (Lipinski definition) is 0. The van der Waals surface area contributed by atoms with Gasteiger partial charge in [0.25, 0.3) is 0 Å². The Morgan fingerprint density at radius 1 is 1.07 bits per heavy atom. The van der Waals surface area contributed by atoms with Gasteiger partial charge in [-0.05, 0) is 0 Å². The predicted octanol–water partition coefficient (Wildman–Crippen LogP) is 3.45. The van der Waals surface area contributed by atoms with Crippen LogP contribution in [-0.2, 0) is 0 Å². The van der Waals surface area contributed by atoms with Crippen molar-refractivity contribution in [2.24, 2.45) is 5.92 Å². The molecule has 1 atom stereocenters. The Kier molecular flexibility index (Phi) is 2.97. The van der Waals surface area contributed by atoms with Crippen molar-refractivity contribution in [1.29, 1.82) is 0 Å². The third-order valence-corrected chi connectivity index (χ3v) is 3.57. The van der Waals surface area contributed by atoms with E-state index in [2.05, 4.69) is 0 Å². The van der Waals surface area contributed by atoms with Gasteiger partial charge in [-0.2, -0.15) is 0 Å². The summed E-state index contributed by atoms with van der Waals surface area (Å²) in [6.45, 7) is 1.05. The van der Waals surface area contributed by atoms with Crippen LogP contribution in [0.1, 0.15) is 20.8 Å². The Morgan fingerprint density at radius 2 is 1.36 bits per heavy atom. The molecule has 0 aliphatic heterocycles. The van der Waals surface area contributed by atoms with Crippen LogP contribution in [0, 0.1) is 5.92 Å². The fourth-order valence-corrected chi connectivity index (χ4v) is 1.47. The van der Waals surface area contributed by atoms with Crippen LogP contribution in [0.5, 0.6) is 0 Å². The van der Waals surface area contributed by atoms with E-state index >= 15 is 0 Å². The fraction of sp³-hybridized carbons (Fsp3) is 1.00. The van der Waals surface area contributed by atoms with Gasteiger partial charge in [0.05, 0.1) is 0 Å². The van der Waals surface area contributed by atoms with Crippen LogP contribution < -0.4 is 4.89 Å². The molecule has 0 radical (unpaired) electrons. The molecular formula is C6H10F6OP-. The van der Waals surface area contributed by atoms with Crippen LogP contribution in [0.15, 0.2) is 0 Å². The monoisotopic (exact) mass is 243 g/mol. The zero-order valence-electron chi connectivity index (χ0n) is 7.70. The summed E-state index contributed by atoms with van der Waals surface area (Å²) in [6.07, 6.45) is 0. The molecule has 0 aromatic rings. The minimum absolute atomic E-state index is 0.391. The van der Waals surface area contributed by atoms with E-state index in [0.29, 0.717) is 0 Å². The molecule has 0 saturated heterocycles. The van der Waals surface area contributed by atoms with Crippen molar-refractivity contribution < 1.29 is 30.7 Å². The normalized spacial score (nSPS) is 21.5. The summed E-state index contributed by atoms with van der Waals surface area (Å²) >= 11 is 0. The molecule has 8 heteroatoms. The van der Waals surface area contributed by atoms with Gasteiger partial charge in [-0.25, -0.2) is 0 Å². The average Bonchev–Trinajstić information content (AvgIpc) is 1.81. The minimum atomic E-state index is -8.72. The molecule has 0 amide bonds. The Hall–Kier alpha value is -0.0300. The van der Waals surface area contributed by atoms with Gasteiger partial charge in [0.15, 0.2) is 0 Å². The van der Waals surface area contributed by atoms with Crippen LogP contribution >= 0.6 is 7.76 Å². The molecule has 0 N–H and O–H groups in total. The third kappa shape index (κ3) is 1.98. The van der Waals surface area contributed by atoms with Gasteiger partial charge in [-0.15, -0.1) is 0 Å². The Labute approximate surface area is 77.5 Å². The van der Waals surface area contributed by atoms with E-state index in [1.54, 1.807) is 0 Å². The maximum atomic E-state index is 12.9. The standard InChI is InChI=1S/C6H10F6OP/c1-4(2)6(8,9)5(3,7)14(10,11,12)13/h4H,1-3H3/q-1. The van der Waals surface area contributed by atoms with E-state index in [9.17, 15) is 30.7 Å². The molecular weight excluding hydrogens is 233 g/mol. The first-order valence-corrected chi connectivity index (χ1v) is 5.50. The van der Waals surface area contributed by atoms with Crippen LogP contribution in [0.4, 0.5) is 25.8 Å². The summed E-state index contributed by atoms with van der Waals surface area (Å²) < 4.78 is 74.8. The van der Waals surface area contributed by atoms with E-state index in [0.717, 1.165) is 13.8 Å². The van der Waals surface area contributed by atoms with Crippen molar-refractivity contribution in [3.8, 4) is 0 Å². The van der Waals surface area contributed by atoms with Crippen molar-refractivity contribution in [3.05, 3.63) is 0 Å². The van der Waals surface area contributed by atoms with Gasteiger partial charge >= 0.3 is 76.4 Å². The molecule has 14 heavy (non-hydrogen) atoms. The van der Waals surface area contributed by atoms with Crippen LogP contribution in [0.3, 0.4) is 0 Å². The summed E-state index contributed by atoms with van der Waals surface area (Å²) in [5.41, 5.74) is 0. The average molecular weight is 243 g/mol. The van der Waals surface area contributed by atoms with Gasteiger partial charge in [0.1, 0.15) is 0 Å². The maximum absolute atomic E-state index is 12.9. The predicted molar refractivity (Wildman–Crippen MR) is 39.5 cm³/mol. The van der Waals surface area contributed by atoms with Crippen molar-refractivity contribution >= 4 is 7.76 Å². The van der Waals surface area contributed by atoms with Crippen molar-refractivity contribution in [2.75, 3.05) is 0 Å². The number of alkyl halides is 3. The molecule has 0 bridgehead atoms. The second kappa shape index (κ2) is 2.98. The van der Waals surface area contributed by atoms with E-state index in [4.69, 9.17) is 0 Å². The molecule has 0 spiro atoms. The molecule has 0 heterocycles. The van der Waals surface area contributed by atoms with Gasteiger partial charge in [0.2, 0.25) is 0 Å². The summed E-state index contributed by atoms with van der Waals surface area (Å²) in [6, 6.07) is 0. The number of rotatable bonds is 3. The molecule has 0 aliphatic rings. The molecule has 0 saturated carbocycles. The topological polar surface area (TPSA) is 23.1 Å². The number of halogens is 6. The molecule has 1 nitrogen and oxygen atoms in total. The summed E-state index contributed by atoms with van der Waals surface area (Å²) in [7, 11) is -8.72. The van der Waals surface area contributed by atoms with Crippen LogP contribution in [0.25, 0.3) is 0 Å². The first kappa shape index (κ1) is 14.0. The van der Waals surface area contributed by atoms with E-state index in [1.807, 2.05) is 0 Å². The quantitative estimate of drug-likeness (QED) is 0.550. The molecule has 0 aromatic carbocycles. The first-order valence-electron chi connectivity index (χ1n) is 3.67. The molecule has 1 unspecified atom stereocenters. The third-order valence-electron chi connectivity index (χ3n) is 1.98. The Balaban J connectivity index is 5.38. The van der Waals surface area contributed by atoms with E-state index in [-0.39, 0.29) is 0 Å². The van der Waals surface area contributed by atoms with Gasteiger partial charge < -0.3 is 0 Å². The Morgan fingerprint density at radius 3 is 1.43 bits per heavy atom. The Bertz CT molecular complexity index is 221. The van der Waals surface area contributed by atoms with E-state index in [1.165, 1.54) is 0 Å². The van der Waals surface area contributed by atoms with Gasteiger partial charge in [-0.3, -0.25) is 0 Å². The molecule has 88 valence electrons. The molecule has 0 fully saturated rings. The molecule has 0 aliphatic carbocycles. The van der Waals surface area contributed by atoms with E-state index < -0.39 is 31.9 Å². The SMILES string of the molecule is CC(C)C(F)(F)C(C)(F)P([O-])(F)(F)F. The van der Waals surface area contributed by atoms with Gasteiger partial charge in [0, 0.05) is 0 Å². The first-order chi connectivity index (χ1) is 5.71. The zero-order chi connectivity index (χ0) is 12.0. The zero-order valence-corrected chi connectivity index (χ0v) is 8.60. The van der Waals surface area contributed by atoms with Crippen molar-refractivity contribution in [2.45, 2.75) is 32.1 Å². The summed E-state index contributed by atoms with van der Waals surface area (Å²) in [5.74, 6) is -6.60. The second-order valence-corrected chi connectivity index (χ2v) is 5.80. The van der Waals surface area contributed by atoms with Crippen molar-refractivity contribution in [3.63, 3.8) is 0 Å². The van der Waals surface area contributed by atoms with Crippen LogP contribution in [0.2, 0.25) is 0 Å².